The number of hydrogen-bond acceptors (Lipinski definition) is 5. The molecule has 0 aliphatic rings. The van der Waals surface area contributed by atoms with Crippen LogP contribution in [-0.4, -0.2) is 23.8 Å². The molecule has 0 aliphatic heterocycles. The van der Waals surface area contributed by atoms with E-state index in [9.17, 15) is 4.79 Å². The van der Waals surface area contributed by atoms with Gasteiger partial charge >= 0.3 is 0 Å². The molecule has 3 rings (SSSR count). The van der Waals surface area contributed by atoms with E-state index in [0.29, 0.717) is 22.7 Å². The van der Waals surface area contributed by atoms with Crippen molar-refractivity contribution in [3.63, 3.8) is 0 Å². The van der Waals surface area contributed by atoms with Gasteiger partial charge in [-0.05, 0) is 24.1 Å². The van der Waals surface area contributed by atoms with Crippen molar-refractivity contribution in [1.82, 2.24) is 9.55 Å². The van der Waals surface area contributed by atoms with E-state index in [2.05, 4.69) is 11.9 Å². The molecule has 2 aromatic heterocycles. The predicted octanol–water partition coefficient (Wildman–Crippen LogP) is 3.94. The molecule has 0 N–H and O–H groups in total. The molecule has 0 radical (unpaired) electrons. The molecule has 0 saturated heterocycles. The minimum absolute atomic E-state index is 0.0326. The summed E-state index contributed by atoms with van der Waals surface area (Å²) < 4.78 is 13.0. The maximum Gasteiger partial charge on any atom is 0.271 e. The van der Waals surface area contributed by atoms with Crippen LogP contribution >= 0.6 is 11.3 Å². The van der Waals surface area contributed by atoms with Crippen molar-refractivity contribution in [3.8, 4) is 22.6 Å². The number of ether oxygens (including phenoxy) is 2. The summed E-state index contributed by atoms with van der Waals surface area (Å²) in [6.45, 7) is 2.82. The van der Waals surface area contributed by atoms with Crippen LogP contribution in [0.1, 0.15) is 19.8 Å². The number of nitrogens with zero attached hydrogens (tertiary/aromatic N) is 2. The Morgan fingerprint density at radius 3 is 2.71 bits per heavy atom. The third-order valence-corrected chi connectivity index (χ3v) is 4.95. The maximum atomic E-state index is 12.6. The SMILES string of the molecule is CCCCn1cnc2c(-c3ccc(OC)c(OC)c3)csc2c1=O. The highest BCUT2D eigenvalue weighted by molar-refractivity contribution is 7.17. The zero-order valence-corrected chi connectivity index (χ0v) is 14.9. The molecule has 0 fully saturated rings. The Labute approximate surface area is 144 Å². The van der Waals surface area contributed by atoms with Gasteiger partial charge in [0.05, 0.1) is 26.1 Å². The number of hydrogen-bond donors (Lipinski definition) is 0. The fourth-order valence-electron chi connectivity index (χ4n) is 2.64. The topological polar surface area (TPSA) is 53.4 Å². The largest absolute Gasteiger partial charge is 0.493 e. The Morgan fingerprint density at radius 1 is 1.21 bits per heavy atom. The fraction of sp³-hybridized carbons (Fsp3) is 0.333. The van der Waals surface area contributed by atoms with Crippen molar-refractivity contribution in [2.24, 2.45) is 0 Å². The standard InChI is InChI=1S/C18H20N2O3S/c1-4-5-8-20-11-19-16-13(10-24-17(16)18(20)21)12-6-7-14(22-2)15(9-12)23-3/h6-7,9-11H,4-5,8H2,1-3H3. The van der Waals surface area contributed by atoms with Crippen molar-refractivity contribution in [1.29, 1.82) is 0 Å². The van der Waals surface area contributed by atoms with Gasteiger partial charge in [-0.3, -0.25) is 9.36 Å². The summed E-state index contributed by atoms with van der Waals surface area (Å²) in [5.41, 5.74) is 2.67. The molecular weight excluding hydrogens is 324 g/mol. The van der Waals surface area contributed by atoms with E-state index in [1.165, 1.54) is 11.3 Å². The fourth-order valence-corrected chi connectivity index (χ4v) is 3.61. The monoisotopic (exact) mass is 344 g/mol. The molecule has 2 heterocycles. The Morgan fingerprint density at radius 2 is 2.00 bits per heavy atom. The van der Waals surface area contributed by atoms with E-state index in [4.69, 9.17) is 9.47 Å². The average Bonchev–Trinajstić information content (AvgIpc) is 3.05. The number of methoxy groups -OCH3 is 2. The number of aromatic nitrogens is 2. The molecule has 24 heavy (non-hydrogen) atoms. The Bertz CT molecular complexity index is 914. The van der Waals surface area contributed by atoms with Crippen LogP contribution in [-0.2, 0) is 6.54 Å². The Kier molecular flexibility index (Phi) is 4.85. The third-order valence-electron chi connectivity index (χ3n) is 3.99. The Hall–Kier alpha value is -2.34. The summed E-state index contributed by atoms with van der Waals surface area (Å²) >= 11 is 1.44. The first-order chi connectivity index (χ1) is 11.7. The number of aryl methyl sites for hydroxylation is 1. The molecule has 0 atom stereocenters. The Balaban J connectivity index is 2.08. The molecule has 0 amide bonds. The van der Waals surface area contributed by atoms with Crippen molar-refractivity contribution in [2.45, 2.75) is 26.3 Å². The number of benzene rings is 1. The summed E-state index contributed by atoms with van der Waals surface area (Å²) in [7, 11) is 3.22. The van der Waals surface area contributed by atoms with Crippen LogP contribution in [0.15, 0.2) is 34.7 Å². The number of thiophene rings is 1. The van der Waals surface area contributed by atoms with Gasteiger partial charge in [-0.15, -0.1) is 11.3 Å². The van der Waals surface area contributed by atoms with Crippen LogP contribution in [0.25, 0.3) is 21.3 Å². The first kappa shape index (κ1) is 16.5. The van der Waals surface area contributed by atoms with E-state index >= 15 is 0 Å². The predicted molar refractivity (Wildman–Crippen MR) is 97.3 cm³/mol. The molecule has 0 bridgehead atoms. The molecule has 0 unspecified atom stereocenters. The van der Waals surface area contributed by atoms with Gasteiger partial charge in [-0.25, -0.2) is 4.98 Å². The quantitative estimate of drug-likeness (QED) is 0.679. The van der Waals surface area contributed by atoms with Crippen molar-refractivity contribution in [2.75, 3.05) is 14.2 Å². The van der Waals surface area contributed by atoms with Gasteiger partial charge in [0.15, 0.2) is 11.5 Å². The highest BCUT2D eigenvalue weighted by Gasteiger charge is 2.14. The number of rotatable bonds is 6. The first-order valence-corrected chi connectivity index (χ1v) is 8.76. The summed E-state index contributed by atoms with van der Waals surface area (Å²) in [4.78, 5) is 17.1. The molecule has 0 aliphatic carbocycles. The second kappa shape index (κ2) is 7.05. The van der Waals surface area contributed by atoms with Crippen LogP contribution in [0.2, 0.25) is 0 Å². The molecule has 5 nitrogen and oxygen atoms in total. The average molecular weight is 344 g/mol. The third kappa shape index (κ3) is 2.89. The van der Waals surface area contributed by atoms with Crippen molar-refractivity contribution in [3.05, 3.63) is 40.3 Å². The van der Waals surface area contributed by atoms with E-state index in [1.807, 2.05) is 23.6 Å². The van der Waals surface area contributed by atoms with Gasteiger partial charge < -0.3 is 9.47 Å². The van der Waals surface area contributed by atoms with Gasteiger partial charge in [-0.1, -0.05) is 19.4 Å². The molecule has 0 spiro atoms. The summed E-state index contributed by atoms with van der Waals surface area (Å²) in [5.74, 6) is 1.33. The van der Waals surface area contributed by atoms with E-state index in [0.717, 1.165) is 29.5 Å². The number of fused-ring (bicyclic) bond motifs is 1. The van der Waals surface area contributed by atoms with Crippen LogP contribution in [0, 0.1) is 0 Å². The minimum Gasteiger partial charge on any atom is -0.493 e. The minimum atomic E-state index is 0.0326. The molecule has 1 aromatic carbocycles. The molecule has 0 saturated carbocycles. The second-order valence-electron chi connectivity index (χ2n) is 5.49. The van der Waals surface area contributed by atoms with Crippen molar-refractivity contribution < 1.29 is 9.47 Å². The van der Waals surface area contributed by atoms with E-state index in [1.54, 1.807) is 25.1 Å². The van der Waals surface area contributed by atoms with Gasteiger partial charge in [0.1, 0.15) is 4.70 Å². The van der Waals surface area contributed by atoms with E-state index in [-0.39, 0.29) is 5.56 Å². The highest BCUT2D eigenvalue weighted by atomic mass is 32.1. The maximum absolute atomic E-state index is 12.6. The lowest BCUT2D eigenvalue weighted by Crippen LogP contribution is -2.19. The normalized spacial score (nSPS) is 11.0. The summed E-state index contributed by atoms with van der Waals surface area (Å²) in [6.07, 6.45) is 3.67. The van der Waals surface area contributed by atoms with Crippen LogP contribution in [0.3, 0.4) is 0 Å². The van der Waals surface area contributed by atoms with Gasteiger partial charge in [0.2, 0.25) is 0 Å². The molecule has 3 aromatic rings. The molecule has 126 valence electrons. The number of unbranched alkanes of at least 4 members (excludes halogenated alkanes) is 1. The van der Waals surface area contributed by atoms with Gasteiger partial charge in [0, 0.05) is 17.5 Å². The smallest absolute Gasteiger partial charge is 0.271 e. The van der Waals surface area contributed by atoms with Crippen LogP contribution in [0.5, 0.6) is 11.5 Å². The second-order valence-corrected chi connectivity index (χ2v) is 6.37. The first-order valence-electron chi connectivity index (χ1n) is 7.88. The summed E-state index contributed by atoms with van der Waals surface area (Å²) in [6, 6.07) is 5.72. The van der Waals surface area contributed by atoms with Crippen molar-refractivity contribution >= 4 is 21.6 Å². The van der Waals surface area contributed by atoms with E-state index < -0.39 is 0 Å². The molecular formula is C18H20N2O3S. The highest BCUT2D eigenvalue weighted by Crippen LogP contribution is 2.36. The molecule has 6 heteroatoms. The van der Waals surface area contributed by atoms with Crippen LogP contribution < -0.4 is 15.0 Å². The van der Waals surface area contributed by atoms with Gasteiger partial charge in [0.25, 0.3) is 5.56 Å². The zero-order valence-electron chi connectivity index (χ0n) is 14.0. The zero-order chi connectivity index (χ0) is 17.1. The summed E-state index contributed by atoms with van der Waals surface area (Å²) in [5, 5.41) is 1.98. The lowest BCUT2D eigenvalue weighted by atomic mass is 10.1. The lowest BCUT2D eigenvalue weighted by molar-refractivity contribution is 0.355. The lowest BCUT2D eigenvalue weighted by Gasteiger charge is -2.09. The van der Waals surface area contributed by atoms with Gasteiger partial charge in [-0.2, -0.15) is 0 Å². The van der Waals surface area contributed by atoms with Crippen LogP contribution in [0.4, 0.5) is 0 Å².